The van der Waals surface area contributed by atoms with Gasteiger partial charge >= 0.3 is 0 Å². The minimum atomic E-state index is 0.187. The number of ether oxygens (including phenoxy) is 2. The van der Waals surface area contributed by atoms with Gasteiger partial charge in [0.05, 0.1) is 24.6 Å². The Bertz CT molecular complexity index is 1260. The number of halogens is 1. The zero-order valence-corrected chi connectivity index (χ0v) is 23.0. The lowest BCUT2D eigenvalue weighted by atomic mass is 10.0. The van der Waals surface area contributed by atoms with Crippen molar-refractivity contribution in [2.45, 2.75) is 33.1 Å². The molecule has 0 unspecified atom stereocenters. The van der Waals surface area contributed by atoms with E-state index in [2.05, 4.69) is 49.5 Å². The topological polar surface area (TPSA) is 148 Å². The highest BCUT2D eigenvalue weighted by Crippen LogP contribution is 2.31. The Morgan fingerprint density at radius 2 is 1.11 bits per heavy atom. The van der Waals surface area contributed by atoms with Crippen molar-refractivity contribution in [1.82, 2.24) is 19.9 Å². The Morgan fingerprint density at radius 3 is 1.59 bits per heavy atom. The highest BCUT2D eigenvalue weighted by molar-refractivity contribution is 14.1. The molecule has 0 spiro atoms. The molecule has 2 aromatic heterocycles. The number of aromatic nitrogens is 4. The Morgan fingerprint density at radius 1 is 0.649 bits per heavy atom. The molecular weight excluding hydrogens is 581 g/mol. The average molecular weight is 611 g/mol. The van der Waals surface area contributed by atoms with Crippen LogP contribution in [0.15, 0.2) is 48.5 Å². The summed E-state index contributed by atoms with van der Waals surface area (Å²) >= 11 is 2.08. The Hall–Kier alpha value is -3.67. The summed E-state index contributed by atoms with van der Waals surface area (Å²) < 4.78 is 12.4. The normalized spacial score (nSPS) is 10.9. The van der Waals surface area contributed by atoms with Gasteiger partial charge in [-0.2, -0.15) is 4.98 Å². The number of nitrogen functional groups attached to an aromatic ring is 3. The summed E-state index contributed by atoms with van der Waals surface area (Å²) in [6.07, 6.45) is 2.23. The second-order valence-corrected chi connectivity index (χ2v) is 9.26. The largest absolute Gasteiger partial charge is 0.493 e. The van der Waals surface area contributed by atoms with Crippen molar-refractivity contribution in [3.8, 4) is 33.8 Å². The first-order valence-electron chi connectivity index (χ1n) is 12.1. The fourth-order valence-electron chi connectivity index (χ4n) is 4.06. The number of nitrogens with zero attached hydrogens (tertiary/aromatic N) is 4. The molecule has 0 saturated heterocycles. The fraction of sp³-hybridized carbons (Fsp3) is 0.259. The summed E-state index contributed by atoms with van der Waals surface area (Å²) in [5.74, 6) is 2.61. The third-order valence-corrected chi connectivity index (χ3v) is 6.28. The molecule has 37 heavy (non-hydrogen) atoms. The van der Waals surface area contributed by atoms with Gasteiger partial charge in [-0.3, -0.25) is 0 Å². The van der Waals surface area contributed by atoms with E-state index >= 15 is 0 Å². The van der Waals surface area contributed by atoms with Crippen LogP contribution >= 0.6 is 22.6 Å². The van der Waals surface area contributed by atoms with Gasteiger partial charge in [0.25, 0.3) is 0 Å². The van der Waals surface area contributed by atoms with Crippen LogP contribution in [-0.4, -0.2) is 33.1 Å². The van der Waals surface area contributed by atoms with E-state index in [1.165, 1.54) is 0 Å². The van der Waals surface area contributed by atoms with Crippen LogP contribution in [0.2, 0.25) is 0 Å². The number of hydrogen-bond acceptors (Lipinski definition) is 9. The fourth-order valence-corrected chi connectivity index (χ4v) is 4.61. The second kappa shape index (κ2) is 12.0. The van der Waals surface area contributed by atoms with Crippen molar-refractivity contribution in [3.63, 3.8) is 0 Å². The van der Waals surface area contributed by atoms with Crippen molar-refractivity contribution in [2.24, 2.45) is 0 Å². The molecule has 0 fully saturated rings. The number of nitrogens with two attached hydrogens (primary N) is 3. The van der Waals surface area contributed by atoms with Crippen LogP contribution in [0, 0.1) is 3.83 Å². The molecule has 0 atom stereocenters. The van der Waals surface area contributed by atoms with Crippen molar-refractivity contribution in [2.75, 3.05) is 30.4 Å². The van der Waals surface area contributed by atoms with Gasteiger partial charge in [-0.1, -0.05) is 38.1 Å². The quantitative estimate of drug-likeness (QED) is 0.129. The van der Waals surface area contributed by atoms with E-state index in [1.54, 1.807) is 0 Å². The SMILES string of the molecule is CCc1nc(N)nc(N)c1-c1ccc(OCCCOc2ccc(-c3c(N)nc(I)nc3CC)cc2)cc1. The van der Waals surface area contributed by atoms with Crippen LogP contribution in [-0.2, 0) is 12.8 Å². The minimum Gasteiger partial charge on any atom is -0.493 e. The predicted molar refractivity (Wildman–Crippen MR) is 155 cm³/mol. The van der Waals surface area contributed by atoms with E-state index in [4.69, 9.17) is 26.7 Å². The van der Waals surface area contributed by atoms with E-state index in [-0.39, 0.29) is 5.95 Å². The van der Waals surface area contributed by atoms with E-state index in [0.717, 1.165) is 58.0 Å². The van der Waals surface area contributed by atoms with Gasteiger partial charge in [0.15, 0.2) is 3.83 Å². The maximum atomic E-state index is 6.18. The lowest BCUT2D eigenvalue weighted by Crippen LogP contribution is -2.06. The molecule has 2 heterocycles. The first-order valence-corrected chi connectivity index (χ1v) is 13.2. The van der Waals surface area contributed by atoms with E-state index in [0.29, 0.717) is 35.1 Å². The minimum absolute atomic E-state index is 0.187. The first-order chi connectivity index (χ1) is 17.9. The van der Waals surface area contributed by atoms with E-state index in [9.17, 15) is 0 Å². The van der Waals surface area contributed by atoms with Gasteiger partial charge in [0.1, 0.15) is 23.1 Å². The molecule has 0 aliphatic heterocycles. The highest BCUT2D eigenvalue weighted by atomic mass is 127. The summed E-state index contributed by atoms with van der Waals surface area (Å²) in [5, 5.41) is 0. The molecular formula is C27H30IN7O2. The van der Waals surface area contributed by atoms with Gasteiger partial charge < -0.3 is 26.7 Å². The van der Waals surface area contributed by atoms with E-state index in [1.807, 2.05) is 55.5 Å². The molecule has 0 radical (unpaired) electrons. The molecule has 0 bridgehead atoms. The number of hydrogen-bond donors (Lipinski definition) is 3. The molecule has 10 heteroatoms. The monoisotopic (exact) mass is 611 g/mol. The lowest BCUT2D eigenvalue weighted by molar-refractivity contribution is 0.247. The molecule has 0 aliphatic carbocycles. The van der Waals surface area contributed by atoms with Crippen LogP contribution in [0.3, 0.4) is 0 Å². The van der Waals surface area contributed by atoms with Crippen LogP contribution < -0.4 is 26.7 Å². The second-order valence-electron chi connectivity index (χ2n) is 8.29. The zero-order valence-electron chi connectivity index (χ0n) is 20.9. The van der Waals surface area contributed by atoms with Gasteiger partial charge in [-0.15, -0.1) is 0 Å². The van der Waals surface area contributed by atoms with Gasteiger partial charge in [0, 0.05) is 40.1 Å². The van der Waals surface area contributed by atoms with Crippen LogP contribution in [0.4, 0.5) is 17.6 Å². The average Bonchev–Trinajstić information content (AvgIpc) is 2.88. The molecule has 0 amide bonds. The van der Waals surface area contributed by atoms with Crippen molar-refractivity contribution >= 4 is 40.2 Å². The van der Waals surface area contributed by atoms with Crippen LogP contribution in [0.25, 0.3) is 22.3 Å². The molecule has 192 valence electrons. The zero-order chi connectivity index (χ0) is 26.4. The molecule has 6 N–H and O–H groups in total. The highest BCUT2D eigenvalue weighted by Gasteiger charge is 2.14. The molecule has 4 rings (SSSR count). The number of rotatable bonds is 10. The lowest BCUT2D eigenvalue weighted by Gasteiger charge is -2.13. The first kappa shape index (κ1) is 26.4. The summed E-state index contributed by atoms with van der Waals surface area (Å²) in [7, 11) is 0. The Kier molecular flexibility index (Phi) is 8.59. The van der Waals surface area contributed by atoms with E-state index < -0.39 is 0 Å². The Balaban J connectivity index is 1.28. The van der Waals surface area contributed by atoms with Gasteiger partial charge in [-0.25, -0.2) is 15.0 Å². The third-order valence-electron chi connectivity index (χ3n) is 5.80. The standard InChI is InChI=1S/C27H30IN7O2/c1-3-20-22(24(29)34-26(28)32-20)16-6-10-18(11-7-16)36-14-5-15-37-19-12-8-17(9-13-19)23-21(4-2)33-27(31)35-25(23)30/h6-13H,3-5,14-15H2,1-2H3,(H2,29,32,34)(H4,30,31,33,35). The molecule has 2 aromatic carbocycles. The summed E-state index contributed by atoms with van der Waals surface area (Å²) in [4.78, 5) is 17.2. The van der Waals surface area contributed by atoms with Crippen molar-refractivity contribution in [3.05, 3.63) is 63.7 Å². The molecule has 9 nitrogen and oxygen atoms in total. The maximum Gasteiger partial charge on any atom is 0.222 e. The maximum absolute atomic E-state index is 6.18. The number of anilines is 3. The smallest absolute Gasteiger partial charge is 0.222 e. The Labute approximate surface area is 230 Å². The predicted octanol–water partition coefficient (Wildman–Crippen LogP) is 4.92. The van der Waals surface area contributed by atoms with Crippen LogP contribution in [0.5, 0.6) is 11.5 Å². The van der Waals surface area contributed by atoms with Gasteiger partial charge in [-0.05, 0) is 48.2 Å². The van der Waals surface area contributed by atoms with Gasteiger partial charge in [0.2, 0.25) is 5.95 Å². The number of aryl methyl sites for hydroxylation is 2. The molecule has 4 aromatic rings. The summed E-state index contributed by atoms with van der Waals surface area (Å²) in [6, 6.07) is 15.6. The summed E-state index contributed by atoms with van der Waals surface area (Å²) in [5.41, 5.74) is 23.4. The van der Waals surface area contributed by atoms with Crippen LogP contribution in [0.1, 0.15) is 31.7 Å². The van der Waals surface area contributed by atoms with Crippen molar-refractivity contribution < 1.29 is 9.47 Å². The molecule has 0 aliphatic rings. The molecule has 0 saturated carbocycles. The third kappa shape index (κ3) is 6.37. The number of benzene rings is 2. The summed E-state index contributed by atoms with van der Waals surface area (Å²) in [6.45, 7) is 5.13. The van der Waals surface area contributed by atoms with Crippen molar-refractivity contribution in [1.29, 1.82) is 0 Å².